The maximum Gasteiger partial charge on any atom is 0.227 e. The molecule has 0 aromatic heterocycles. The third-order valence-corrected chi connectivity index (χ3v) is 4.16. The molecule has 0 spiro atoms. The molecule has 3 nitrogen and oxygen atoms in total. The van der Waals surface area contributed by atoms with E-state index in [4.69, 9.17) is 11.6 Å². The van der Waals surface area contributed by atoms with Gasteiger partial charge in [0.15, 0.2) is 0 Å². The van der Waals surface area contributed by atoms with E-state index in [0.29, 0.717) is 18.0 Å². The number of hydrogen-bond acceptors (Lipinski definition) is 3. The van der Waals surface area contributed by atoms with Crippen molar-refractivity contribution in [1.29, 1.82) is 0 Å². The highest BCUT2D eigenvalue weighted by molar-refractivity contribution is 7.99. The lowest BCUT2D eigenvalue weighted by Gasteiger charge is -2.24. The number of thioether (sulfide) groups is 1. The van der Waals surface area contributed by atoms with Crippen LogP contribution in [0.15, 0.2) is 23.1 Å². The van der Waals surface area contributed by atoms with Crippen molar-refractivity contribution >= 4 is 35.0 Å². The summed E-state index contributed by atoms with van der Waals surface area (Å²) in [6, 6.07) is 5.78. The number of carbonyl (C=O) groups is 1. The number of nitrogens with zero attached hydrogens (tertiary/aromatic N) is 2. The molecule has 0 radical (unpaired) electrons. The fourth-order valence-electron chi connectivity index (χ4n) is 1.89. The molecule has 98 valence electrons. The predicted octanol–water partition coefficient (Wildman–Crippen LogP) is 2.73. The lowest BCUT2D eigenvalue weighted by molar-refractivity contribution is -0.118. The summed E-state index contributed by atoms with van der Waals surface area (Å²) in [5, 5.41) is 0.680. The molecule has 0 bridgehead atoms. The van der Waals surface area contributed by atoms with Crippen molar-refractivity contribution in [3.05, 3.63) is 23.2 Å². The Balaban J connectivity index is 2.30. The normalized spacial score (nSPS) is 15.8. The number of hydrogen-bond donors (Lipinski definition) is 0. The van der Waals surface area contributed by atoms with Crippen LogP contribution in [0.2, 0.25) is 5.02 Å². The van der Waals surface area contributed by atoms with Crippen molar-refractivity contribution in [2.75, 3.05) is 37.8 Å². The van der Waals surface area contributed by atoms with Crippen LogP contribution in [0.5, 0.6) is 0 Å². The van der Waals surface area contributed by atoms with Gasteiger partial charge >= 0.3 is 0 Å². The Hall–Kier alpha value is -0.710. The van der Waals surface area contributed by atoms with Gasteiger partial charge < -0.3 is 9.80 Å². The molecule has 0 N–H and O–H groups in total. The molecule has 1 aromatic carbocycles. The van der Waals surface area contributed by atoms with Crippen molar-refractivity contribution in [3.63, 3.8) is 0 Å². The first-order valence-electron chi connectivity index (χ1n) is 5.95. The van der Waals surface area contributed by atoms with Crippen LogP contribution < -0.4 is 4.90 Å². The van der Waals surface area contributed by atoms with Gasteiger partial charge in [0, 0.05) is 35.2 Å². The smallest absolute Gasteiger partial charge is 0.227 e. The van der Waals surface area contributed by atoms with E-state index in [1.807, 2.05) is 37.2 Å². The molecule has 0 aliphatic carbocycles. The first-order chi connectivity index (χ1) is 8.58. The SMILES string of the molecule is CN(C)CCN1C(=O)CCSc2ccc(Cl)cc21. The van der Waals surface area contributed by atoms with Crippen molar-refractivity contribution < 1.29 is 4.79 Å². The molecule has 1 heterocycles. The number of benzene rings is 1. The minimum atomic E-state index is 0.186. The summed E-state index contributed by atoms with van der Waals surface area (Å²) >= 11 is 7.77. The number of halogens is 1. The van der Waals surface area contributed by atoms with Gasteiger partial charge in [-0.3, -0.25) is 4.79 Å². The van der Waals surface area contributed by atoms with Gasteiger partial charge in [0.2, 0.25) is 5.91 Å². The fraction of sp³-hybridized carbons (Fsp3) is 0.462. The molecule has 5 heteroatoms. The summed E-state index contributed by atoms with van der Waals surface area (Å²) in [6.45, 7) is 1.56. The zero-order valence-electron chi connectivity index (χ0n) is 10.6. The Labute approximate surface area is 117 Å². The van der Waals surface area contributed by atoms with Crippen molar-refractivity contribution in [2.24, 2.45) is 0 Å². The number of amides is 1. The summed E-state index contributed by atoms with van der Waals surface area (Å²) in [7, 11) is 4.02. The molecule has 1 aromatic rings. The Kier molecular flexibility index (Phi) is 4.54. The third kappa shape index (κ3) is 3.19. The highest BCUT2D eigenvalue weighted by Crippen LogP contribution is 2.36. The zero-order valence-corrected chi connectivity index (χ0v) is 12.2. The number of fused-ring (bicyclic) bond motifs is 1. The second-order valence-corrected chi connectivity index (χ2v) is 6.13. The molecule has 2 rings (SSSR count). The van der Waals surface area contributed by atoms with Gasteiger partial charge in [-0.15, -0.1) is 11.8 Å². The third-order valence-electron chi connectivity index (χ3n) is 2.86. The summed E-state index contributed by atoms with van der Waals surface area (Å²) < 4.78 is 0. The van der Waals surface area contributed by atoms with Gasteiger partial charge in [-0.05, 0) is 32.3 Å². The molecule has 0 atom stereocenters. The fourth-order valence-corrected chi connectivity index (χ4v) is 3.03. The summed E-state index contributed by atoms with van der Waals surface area (Å²) in [5.74, 6) is 1.02. The van der Waals surface area contributed by atoms with Gasteiger partial charge in [0.25, 0.3) is 0 Å². The second-order valence-electron chi connectivity index (χ2n) is 4.56. The van der Waals surface area contributed by atoms with E-state index in [0.717, 1.165) is 22.9 Å². The molecular formula is C13H17ClN2OS. The lowest BCUT2D eigenvalue weighted by Crippen LogP contribution is -2.36. The first kappa shape index (κ1) is 13.7. The van der Waals surface area contributed by atoms with E-state index in [9.17, 15) is 4.79 Å². The number of rotatable bonds is 3. The van der Waals surface area contributed by atoms with Gasteiger partial charge in [0.05, 0.1) is 5.69 Å². The quantitative estimate of drug-likeness (QED) is 0.853. The van der Waals surface area contributed by atoms with Crippen LogP contribution in [0.25, 0.3) is 0 Å². The second kappa shape index (κ2) is 5.95. The number of anilines is 1. The lowest BCUT2D eigenvalue weighted by atomic mass is 10.2. The van der Waals surface area contributed by atoms with Gasteiger partial charge in [-0.2, -0.15) is 0 Å². The average Bonchev–Trinajstić information content (AvgIpc) is 2.45. The summed E-state index contributed by atoms with van der Waals surface area (Å²) in [5.41, 5.74) is 0.955. The molecule has 0 saturated carbocycles. The molecule has 1 amide bonds. The average molecular weight is 285 g/mol. The van der Waals surface area contributed by atoms with Gasteiger partial charge in [-0.25, -0.2) is 0 Å². The Morgan fingerprint density at radius 3 is 2.94 bits per heavy atom. The van der Waals surface area contributed by atoms with E-state index in [2.05, 4.69) is 4.90 Å². The monoisotopic (exact) mass is 284 g/mol. The minimum Gasteiger partial charge on any atom is -0.310 e. The van der Waals surface area contributed by atoms with E-state index in [-0.39, 0.29) is 5.91 Å². The highest BCUT2D eigenvalue weighted by atomic mass is 35.5. The minimum absolute atomic E-state index is 0.186. The predicted molar refractivity (Wildman–Crippen MR) is 77.7 cm³/mol. The maximum atomic E-state index is 12.2. The first-order valence-corrected chi connectivity index (χ1v) is 7.32. The number of likely N-dealkylation sites (N-methyl/N-ethyl adjacent to an activating group) is 1. The highest BCUT2D eigenvalue weighted by Gasteiger charge is 2.22. The molecule has 0 unspecified atom stereocenters. The molecule has 1 aliphatic heterocycles. The van der Waals surface area contributed by atoms with E-state index in [1.165, 1.54) is 0 Å². The van der Waals surface area contributed by atoms with Crippen LogP contribution in [0, 0.1) is 0 Å². The van der Waals surface area contributed by atoms with Crippen molar-refractivity contribution in [3.8, 4) is 0 Å². The van der Waals surface area contributed by atoms with Gasteiger partial charge in [-0.1, -0.05) is 11.6 Å². The Bertz CT molecular complexity index is 451. The molecule has 0 saturated heterocycles. The molecule has 0 fully saturated rings. The van der Waals surface area contributed by atoms with Crippen molar-refractivity contribution in [1.82, 2.24) is 4.90 Å². The largest absolute Gasteiger partial charge is 0.310 e. The van der Waals surface area contributed by atoms with Crippen LogP contribution in [0.3, 0.4) is 0 Å². The molecular weight excluding hydrogens is 268 g/mol. The maximum absolute atomic E-state index is 12.2. The number of carbonyl (C=O) groups excluding carboxylic acids is 1. The molecule has 1 aliphatic rings. The van der Waals surface area contributed by atoms with Crippen LogP contribution in [-0.2, 0) is 4.79 Å². The van der Waals surface area contributed by atoms with Crippen LogP contribution in [0.4, 0.5) is 5.69 Å². The van der Waals surface area contributed by atoms with Crippen LogP contribution >= 0.6 is 23.4 Å². The standard InChI is InChI=1S/C13H17ClN2OS/c1-15(2)6-7-16-11-9-10(14)3-4-12(11)18-8-5-13(16)17/h3-4,9H,5-8H2,1-2H3. The van der Waals surface area contributed by atoms with Crippen LogP contribution in [0.1, 0.15) is 6.42 Å². The van der Waals surface area contributed by atoms with E-state index >= 15 is 0 Å². The topological polar surface area (TPSA) is 23.6 Å². The Morgan fingerprint density at radius 2 is 2.22 bits per heavy atom. The Morgan fingerprint density at radius 1 is 1.44 bits per heavy atom. The van der Waals surface area contributed by atoms with Crippen LogP contribution in [-0.4, -0.2) is 43.7 Å². The zero-order chi connectivity index (χ0) is 13.1. The summed E-state index contributed by atoms with van der Waals surface area (Å²) in [4.78, 5) is 17.2. The van der Waals surface area contributed by atoms with E-state index < -0.39 is 0 Å². The van der Waals surface area contributed by atoms with Gasteiger partial charge in [0.1, 0.15) is 0 Å². The van der Waals surface area contributed by atoms with Crippen molar-refractivity contribution in [2.45, 2.75) is 11.3 Å². The molecule has 18 heavy (non-hydrogen) atoms. The summed E-state index contributed by atoms with van der Waals surface area (Å²) in [6.07, 6.45) is 0.588. The van der Waals surface area contributed by atoms with E-state index in [1.54, 1.807) is 11.8 Å².